The lowest BCUT2D eigenvalue weighted by Gasteiger charge is -2.24. The summed E-state index contributed by atoms with van der Waals surface area (Å²) in [6, 6.07) is 14.2. The molecule has 0 fully saturated rings. The molecule has 1 aromatic carbocycles. The van der Waals surface area contributed by atoms with Crippen LogP contribution >= 0.6 is 0 Å². The van der Waals surface area contributed by atoms with Crippen LogP contribution in [-0.4, -0.2) is 51.7 Å². The SMILES string of the molecule is Cc1cccc(-c2c(-c3ccncc3OCCN(C)C(=O)OC(C)(C)C)[nH]c3cccnc23)c1. The molecule has 1 N–H and O–H groups in total. The normalized spacial score (nSPS) is 11.4. The number of amides is 1. The minimum atomic E-state index is -0.543. The van der Waals surface area contributed by atoms with Crippen LogP contribution in [0.25, 0.3) is 33.4 Å². The Labute approximate surface area is 199 Å². The highest BCUT2D eigenvalue weighted by atomic mass is 16.6. The topological polar surface area (TPSA) is 80.3 Å². The van der Waals surface area contributed by atoms with Crippen LogP contribution in [0.5, 0.6) is 5.75 Å². The quantitative estimate of drug-likeness (QED) is 0.392. The van der Waals surface area contributed by atoms with E-state index in [0.29, 0.717) is 18.9 Å². The number of rotatable bonds is 6. The highest BCUT2D eigenvalue weighted by molar-refractivity contribution is 6.02. The van der Waals surface area contributed by atoms with Gasteiger partial charge in [0, 0.05) is 30.6 Å². The zero-order valence-corrected chi connectivity index (χ0v) is 20.3. The zero-order valence-electron chi connectivity index (χ0n) is 20.3. The number of fused-ring (bicyclic) bond motifs is 1. The maximum absolute atomic E-state index is 12.2. The minimum Gasteiger partial charge on any atom is -0.489 e. The van der Waals surface area contributed by atoms with E-state index in [2.05, 4.69) is 40.1 Å². The molecule has 7 heteroatoms. The van der Waals surface area contributed by atoms with Gasteiger partial charge < -0.3 is 19.4 Å². The molecule has 176 valence electrons. The molecular formula is C27H30N4O3. The second kappa shape index (κ2) is 9.55. The molecule has 0 atom stereocenters. The smallest absolute Gasteiger partial charge is 0.410 e. The number of pyridine rings is 2. The van der Waals surface area contributed by atoms with E-state index in [4.69, 9.17) is 9.47 Å². The molecule has 7 nitrogen and oxygen atoms in total. The molecule has 0 radical (unpaired) electrons. The Morgan fingerprint density at radius 3 is 2.71 bits per heavy atom. The summed E-state index contributed by atoms with van der Waals surface area (Å²) < 4.78 is 11.5. The molecule has 0 aliphatic carbocycles. The number of nitrogens with zero attached hydrogens (tertiary/aromatic N) is 3. The van der Waals surface area contributed by atoms with Crippen molar-refractivity contribution in [1.29, 1.82) is 0 Å². The first-order valence-corrected chi connectivity index (χ1v) is 11.3. The van der Waals surface area contributed by atoms with Crippen LogP contribution in [0.1, 0.15) is 26.3 Å². The number of aryl methyl sites for hydroxylation is 1. The standard InChI is InChI=1S/C27H30N4O3/c1-18-8-6-9-19(16-18)23-24(30-21-10-7-12-29-25(21)23)20-11-13-28-17-22(20)33-15-14-31(5)26(32)34-27(2,3)4/h6-13,16-17,30H,14-15H2,1-5H3. The molecule has 3 aromatic heterocycles. The number of hydrogen-bond acceptors (Lipinski definition) is 5. The summed E-state index contributed by atoms with van der Waals surface area (Å²) in [5.41, 5.74) is 6.36. The van der Waals surface area contributed by atoms with Crippen molar-refractivity contribution in [3.05, 3.63) is 66.6 Å². The van der Waals surface area contributed by atoms with E-state index in [1.54, 1.807) is 25.6 Å². The molecular weight excluding hydrogens is 428 g/mol. The Hall–Kier alpha value is -3.87. The lowest BCUT2D eigenvalue weighted by molar-refractivity contribution is 0.0278. The number of H-pyrrole nitrogens is 1. The number of likely N-dealkylation sites (N-methyl/N-ethyl adjacent to an activating group) is 1. The van der Waals surface area contributed by atoms with Gasteiger partial charge in [0.15, 0.2) is 0 Å². The van der Waals surface area contributed by atoms with E-state index in [-0.39, 0.29) is 6.09 Å². The van der Waals surface area contributed by atoms with Crippen LogP contribution in [0.15, 0.2) is 61.1 Å². The summed E-state index contributed by atoms with van der Waals surface area (Å²) in [4.78, 5) is 26.2. The first kappa shape index (κ1) is 23.3. The average Bonchev–Trinajstić information content (AvgIpc) is 3.17. The number of ether oxygens (including phenoxy) is 2. The van der Waals surface area contributed by atoms with Gasteiger partial charge in [-0.3, -0.25) is 9.97 Å². The Kier molecular flexibility index (Phi) is 6.54. The van der Waals surface area contributed by atoms with E-state index < -0.39 is 5.60 Å². The molecule has 0 aliphatic rings. The van der Waals surface area contributed by atoms with Gasteiger partial charge in [-0.15, -0.1) is 0 Å². The van der Waals surface area contributed by atoms with Gasteiger partial charge in [-0.2, -0.15) is 0 Å². The number of nitrogens with one attached hydrogen (secondary N) is 1. The molecule has 1 amide bonds. The van der Waals surface area contributed by atoms with E-state index in [1.807, 2.05) is 45.0 Å². The highest BCUT2D eigenvalue weighted by Crippen LogP contribution is 2.40. The van der Waals surface area contributed by atoms with Crippen LogP contribution < -0.4 is 4.74 Å². The van der Waals surface area contributed by atoms with Gasteiger partial charge in [0.25, 0.3) is 0 Å². The lowest BCUT2D eigenvalue weighted by atomic mass is 9.99. The Bertz CT molecular complexity index is 1310. The fourth-order valence-electron chi connectivity index (χ4n) is 3.73. The van der Waals surface area contributed by atoms with E-state index >= 15 is 0 Å². The van der Waals surface area contributed by atoms with Gasteiger partial charge in [0.05, 0.1) is 29.5 Å². The van der Waals surface area contributed by atoms with Crippen molar-refractivity contribution in [2.24, 2.45) is 0 Å². The van der Waals surface area contributed by atoms with Gasteiger partial charge in [0.2, 0.25) is 0 Å². The monoisotopic (exact) mass is 458 g/mol. The van der Waals surface area contributed by atoms with Crippen molar-refractivity contribution >= 4 is 17.1 Å². The predicted octanol–water partition coefficient (Wildman–Crippen LogP) is 5.85. The molecule has 0 bridgehead atoms. The van der Waals surface area contributed by atoms with Gasteiger partial charge >= 0.3 is 6.09 Å². The molecule has 0 saturated heterocycles. The third kappa shape index (κ3) is 5.20. The average molecular weight is 459 g/mol. The Morgan fingerprint density at radius 2 is 1.94 bits per heavy atom. The largest absolute Gasteiger partial charge is 0.489 e. The molecule has 3 heterocycles. The van der Waals surface area contributed by atoms with Crippen LogP contribution in [0, 0.1) is 6.92 Å². The number of hydrogen-bond donors (Lipinski definition) is 1. The van der Waals surface area contributed by atoms with Crippen LogP contribution in [0.4, 0.5) is 4.79 Å². The van der Waals surface area contributed by atoms with Crippen molar-refractivity contribution in [2.45, 2.75) is 33.3 Å². The minimum absolute atomic E-state index is 0.298. The van der Waals surface area contributed by atoms with Crippen LogP contribution in [0.3, 0.4) is 0 Å². The van der Waals surface area contributed by atoms with Gasteiger partial charge in [-0.25, -0.2) is 4.79 Å². The fourth-order valence-corrected chi connectivity index (χ4v) is 3.73. The number of aromatic amines is 1. The first-order valence-electron chi connectivity index (χ1n) is 11.3. The lowest BCUT2D eigenvalue weighted by Crippen LogP contribution is -2.36. The van der Waals surface area contributed by atoms with Gasteiger partial charge in [-0.05, 0) is 51.5 Å². The Morgan fingerprint density at radius 1 is 1.12 bits per heavy atom. The molecule has 0 aliphatic heterocycles. The van der Waals surface area contributed by atoms with Crippen molar-refractivity contribution in [1.82, 2.24) is 19.9 Å². The summed E-state index contributed by atoms with van der Waals surface area (Å²) in [7, 11) is 1.70. The first-order chi connectivity index (χ1) is 16.2. The second-order valence-electron chi connectivity index (χ2n) is 9.27. The number of carbonyl (C=O) groups excluding carboxylic acids is 1. The predicted molar refractivity (Wildman–Crippen MR) is 134 cm³/mol. The number of aromatic nitrogens is 3. The van der Waals surface area contributed by atoms with Crippen LogP contribution in [-0.2, 0) is 4.74 Å². The summed E-state index contributed by atoms with van der Waals surface area (Å²) in [6.45, 7) is 8.29. The van der Waals surface area contributed by atoms with Crippen molar-refractivity contribution in [2.75, 3.05) is 20.2 Å². The number of carbonyl (C=O) groups is 1. The van der Waals surface area contributed by atoms with Gasteiger partial charge in [0.1, 0.15) is 18.0 Å². The highest BCUT2D eigenvalue weighted by Gasteiger charge is 2.21. The molecule has 0 unspecified atom stereocenters. The second-order valence-corrected chi connectivity index (χ2v) is 9.27. The summed E-state index contributed by atoms with van der Waals surface area (Å²) in [5, 5.41) is 0. The molecule has 0 saturated carbocycles. The Balaban J connectivity index is 1.64. The zero-order chi connectivity index (χ0) is 24.3. The molecule has 0 spiro atoms. The maximum atomic E-state index is 12.2. The summed E-state index contributed by atoms with van der Waals surface area (Å²) in [5.74, 6) is 0.626. The van der Waals surface area contributed by atoms with E-state index in [9.17, 15) is 4.79 Å². The van der Waals surface area contributed by atoms with Crippen molar-refractivity contribution in [3.63, 3.8) is 0 Å². The summed E-state index contributed by atoms with van der Waals surface area (Å²) >= 11 is 0. The van der Waals surface area contributed by atoms with E-state index in [1.165, 1.54) is 10.5 Å². The van der Waals surface area contributed by atoms with Crippen LogP contribution in [0.2, 0.25) is 0 Å². The van der Waals surface area contributed by atoms with Crippen molar-refractivity contribution < 1.29 is 14.3 Å². The summed E-state index contributed by atoms with van der Waals surface area (Å²) in [6.07, 6.45) is 4.86. The number of benzene rings is 1. The van der Waals surface area contributed by atoms with E-state index in [0.717, 1.165) is 33.4 Å². The maximum Gasteiger partial charge on any atom is 0.410 e. The third-order valence-corrected chi connectivity index (χ3v) is 5.30. The van der Waals surface area contributed by atoms with Crippen molar-refractivity contribution in [3.8, 4) is 28.1 Å². The molecule has 4 rings (SSSR count). The van der Waals surface area contributed by atoms with Gasteiger partial charge in [-0.1, -0.05) is 29.8 Å². The third-order valence-electron chi connectivity index (χ3n) is 5.30. The molecule has 34 heavy (non-hydrogen) atoms. The molecule has 4 aromatic rings. The fraction of sp³-hybridized carbons (Fsp3) is 0.296.